The molecule has 0 unspecified atom stereocenters. The maximum absolute atomic E-state index is 8.70. The first kappa shape index (κ1) is 9.57. The Kier molecular flexibility index (Phi) is 3.31. The summed E-state index contributed by atoms with van der Waals surface area (Å²) in [4.78, 5) is 4.66. The molecule has 0 saturated heterocycles. The Morgan fingerprint density at radius 2 is 2.23 bits per heavy atom. The number of hydrogen-bond donors (Lipinski definition) is 0. The molecule has 0 bridgehead atoms. The monoisotopic (exact) mass is 189 g/mol. The Hall–Kier alpha value is -1.52. The summed E-state index contributed by atoms with van der Waals surface area (Å²) in [6, 6.07) is 5.68. The highest BCUT2D eigenvalue weighted by Crippen LogP contribution is 2.21. The van der Waals surface area contributed by atoms with Crippen molar-refractivity contribution in [1.29, 1.82) is 10.5 Å². The first-order valence-corrected chi connectivity index (χ1v) is 4.73. The third-order valence-corrected chi connectivity index (χ3v) is 2.30. The van der Waals surface area contributed by atoms with Crippen LogP contribution in [0.1, 0.15) is 18.2 Å². The molecule has 13 heavy (non-hydrogen) atoms. The van der Waals surface area contributed by atoms with Crippen LogP contribution >= 0.6 is 11.8 Å². The molecule has 1 aromatic rings. The summed E-state index contributed by atoms with van der Waals surface area (Å²) in [5, 5.41) is 17.3. The standard InChI is InChI=1S/C9H7N3S/c1-2-13-9-3-7(4-10)6-12-8(9)5-11/h3,6H,2H2,1H3. The molecule has 0 radical (unpaired) electrons. The fraction of sp³-hybridized carbons (Fsp3) is 0.222. The average molecular weight is 189 g/mol. The Morgan fingerprint density at radius 3 is 2.77 bits per heavy atom. The molecule has 0 amide bonds. The zero-order chi connectivity index (χ0) is 9.68. The third kappa shape index (κ3) is 2.21. The molecule has 0 aliphatic heterocycles. The number of hydrogen-bond acceptors (Lipinski definition) is 4. The molecule has 0 spiro atoms. The normalized spacial score (nSPS) is 8.85. The van der Waals surface area contributed by atoms with Gasteiger partial charge < -0.3 is 0 Å². The molecule has 1 heterocycles. The largest absolute Gasteiger partial charge is 0.243 e. The van der Waals surface area contributed by atoms with Crippen LogP contribution in [0.3, 0.4) is 0 Å². The van der Waals surface area contributed by atoms with Gasteiger partial charge in [-0.3, -0.25) is 0 Å². The molecule has 4 heteroatoms. The molecule has 1 rings (SSSR count). The van der Waals surface area contributed by atoms with Crippen LogP contribution in [-0.4, -0.2) is 10.7 Å². The molecule has 0 aromatic carbocycles. The van der Waals surface area contributed by atoms with Crippen LogP contribution in [0.15, 0.2) is 17.2 Å². The zero-order valence-corrected chi connectivity index (χ0v) is 7.93. The highest BCUT2D eigenvalue weighted by Gasteiger charge is 2.04. The van der Waals surface area contributed by atoms with Gasteiger partial charge in [0.2, 0.25) is 0 Å². The van der Waals surface area contributed by atoms with E-state index in [0.29, 0.717) is 11.3 Å². The van der Waals surface area contributed by atoms with Gasteiger partial charge in [-0.2, -0.15) is 10.5 Å². The zero-order valence-electron chi connectivity index (χ0n) is 7.11. The lowest BCUT2D eigenvalue weighted by atomic mass is 10.3. The molecule has 0 aliphatic rings. The Bertz CT molecular complexity index is 387. The third-order valence-electron chi connectivity index (χ3n) is 1.39. The average Bonchev–Trinajstić information content (AvgIpc) is 2.18. The fourth-order valence-corrected chi connectivity index (χ4v) is 1.61. The second-order valence-electron chi connectivity index (χ2n) is 2.23. The predicted octanol–water partition coefficient (Wildman–Crippen LogP) is 1.94. The fourth-order valence-electron chi connectivity index (χ4n) is 0.855. The van der Waals surface area contributed by atoms with Gasteiger partial charge in [-0.05, 0) is 11.8 Å². The number of nitriles is 2. The SMILES string of the molecule is CCSc1cc(C#N)cnc1C#N. The Balaban J connectivity index is 3.13. The van der Waals surface area contributed by atoms with E-state index < -0.39 is 0 Å². The molecule has 0 atom stereocenters. The van der Waals surface area contributed by atoms with Crippen LogP contribution < -0.4 is 0 Å². The summed E-state index contributed by atoms with van der Waals surface area (Å²) in [6.07, 6.45) is 1.41. The molecule has 0 N–H and O–H groups in total. The second-order valence-corrected chi connectivity index (χ2v) is 3.53. The van der Waals surface area contributed by atoms with E-state index in [2.05, 4.69) is 4.98 Å². The lowest BCUT2D eigenvalue weighted by molar-refractivity contribution is 1.16. The summed E-state index contributed by atoms with van der Waals surface area (Å²) >= 11 is 1.52. The van der Waals surface area contributed by atoms with E-state index in [1.807, 2.05) is 19.1 Å². The molecule has 1 aromatic heterocycles. The van der Waals surface area contributed by atoms with Crippen molar-refractivity contribution in [1.82, 2.24) is 4.98 Å². The smallest absolute Gasteiger partial charge is 0.154 e. The highest BCUT2D eigenvalue weighted by molar-refractivity contribution is 7.99. The van der Waals surface area contributed by atoms with E-state index in [9.17, 15) is 0 Å². The Morgan fingerprint density at radius 1 is 1.46 bits per heavy atom. The van der Waals surface area contributed by atoms with Crippen LogP contribution in [0, 0.1) is 22.7 Å². The lowest BCUT2D eigenvalue weighted by Crippen LogP contribution is -1.89. The summed E-state index contributed by atoms with van der Waals surface area (Å²) in [5.41, 5.74) is 0.890. The van der Waals surface area contributed by atoms with E-state index >= 15 is 0 Å². The van der Waals surface area contributed by atoms with Crippen molar-refractivity contribution in [2.75, 3.05) is 5.75 Å². The van der Waals surface area contributed by atoms with Gasteiger partial charge in [0.25, 0.3) is 0 Å². The van der Waals surface area contributed by atoms with Gasteiger partial charge in [0.1, 0.15) is 12.1 Å². The van der Waals surface area contributed by atoms with Crippen molar-refractivity contribution in [2.24, 2.45) is 0 Å². The first-order valence-electron chi connectivity index (χ1n) is 3.74. The summed E-state index contributed by atoms with van der Waals surface area (Å²) in [7, 11) is 0. The van der Waals surface area contributed by atoms with Gasteiger partial charge in [-0.1, -0.05) is 6.92 Å². The molecule has 3 nitrogen and oxygen atoms in total. The number of rotatable bonds is 2. The molecular weight excluding hydrogens is 182 g/mol. The van der Waals surface area contributed by atoms with Crippen molar-refractivity contribution >= 4 is 11.8 Å². The van der Waals surface area contributed by atoms with Gasteiger partial charge in [0.15, 0.2) is 5.69 Å². The first-order chi connectivity index (χ1) is 6.31. The molecule has 0 saturated carbocycles. The summed E-state index contributed by atoms with van der Waals surface area (Å²) in [6.45, 7) is 1.99. The van der Waals surface area contributed by atoms with Gasteiger partial charge >= 0.3 is 0 Å². The van der Waals surface area contributed by atoms with Gasteiger partial charge in [-0.25, -0.2) is 4.98 Å². The summed E-state index contributed by atoms with van der Waals surface area (Å²) < 4.78 is 0. The van der Waals surface area contributed by atoms with Crippen LogP contribution in [0.25, 0.3) is 0 Å². The van der Waals surface area contributed by atoms with Crippen molar-refractivity contribution in [3.8, 4) is 12.1 Å². The maximum atomic E-state index is 8.70. The lowest BCUT2D eigenvalue weighted by Gasteiger charge is -1.99. The van der Waals surface area contributed by atoms with Crippen molar-refractivity contribution in [3.63, 3.8) is 0 Å². The van der Waals surface area contributed by atoms with Crippen LogP contribution in [-0.2, 0) is 0 Å². The minimum absolute atomic E-state index is 0.394. The Labute approximate surface area is 81.0 Å². The van der Waals surface area contributed by atoms with E-state index in [-0.39, 0.29) is 0 Å². The van der Waals surface area contributed by atoms with Crippen molar-refractivity contribution < 1.29 is 0 Å². The number of thioether (sulfide) groups is 1. The van der Waals surface area contributed by atoms with E-state index in [4.69, 9.17) is 10.5 Å². The maximum Gasteiger partial charge on any atom is 0.154 e. The van der Waals surface area contributed by atoms with Gasteiger partial charge in [0, 0.05) is 11.1 Å². The molecule has 0 fully saturated rings. The molecule has 0 aliphatic carbocycles. The second kappa shape index (κ2) is 4.49. The van der Waals surface area contributed by atoms with Crippen LogP contribution in [0.5, 0.6) is 0 Å². The predicted molar refractivity (Wildman–Crippen MR) is 50.1 cm³/mol. The van der Waals surface area contributed by atoms with Crippen molar-refractivity contribution in [3.05, 3.63) is 23.5 Å². The highest BCUT2D eigenvalue weighted by atomic mass is 32.2. The van der Waals surface area contributed by atoms with Gasteiger partial charge in [0.05, 0.1) is 5.56 Å². The number of pyridine rings is 1. The van der Waals surface area contributed by atoms with Crippen LogP contribution in [0.2, 0.25) is 0 Å². The number of aromatic nitrogens is 1. The molecular formula is C9H7N3S. The van der Waals surface area contributed by atoms with Crippen LogP contribution in [0.4, 0.5) is 0 Å². The quantitative estimate of drug-likeness (QED) is 0.667. The van der Waals surface area contributed by atoms with E-state index in [1.54, 1.807) is 6.07 Å². The number of nitrogens with zero attached hydrogens (tertiary/aromatic N) is 3. The molecule has 64 valence electrons. The van der Waals surface area contributed by atoms with Gasteiger partial charge in [-0.15, -0.1) is 11.8 Å². The van der Waals surface area contributed by atoms with Crippen molar-refractivity contribution in [2.45, 2.75) is 11.8 Å². The van der Waals surface area contributed by atoms with E-state index in [1.165, 1.54) is 18.0 Å². The minimum Gasteiger partial charge on any atom is -0.243 e. The summed E-state index contributed by atoms with van der Waals surface area (Å²) in [5.74, 6) is 0.866. The topological polar surface area (TPSA) is 60.5 Å². The van der Waals surface area contributed by atoms with E-state index in [0.717, 1.165) is 10.6 Å². The minimum atomic E-state index is 0.394.